The zero-order valence-electron chi connectivity index (χ0n) is 13.3. The van der Waals surface area contributed by atoms with Gasteiger partial charge in [-0.1, -0.05) is 35.9 Å². The van der Waals surface area contributed by atoms with E-state index in [0.717, 1.165) is 33.5 Å². The molecule has 0 spiro atoms. The second-order valence-corrected chi connectivity index (χ2v) is 5.69. The van der Waals surface area contributed by atoms with E-state index in [9.17, 15) is 0 Å². The molecule has 2 aromatic heterocycles. The molecule has 24 heavy (non-hydrogen) atoms. The average molecular weight is 312 g/mol. The summed E-state index contributed by atoms with van der Waals surface area (Å²) in [6.45, 7) is 2.08. The van der Waals surface area contributed by atoms with Gasteiger partial charge in [0.1, 0.15) is 12.1 Å². The molecule has 0 atom stereocenters. The van der Waals surface area contributed by atoms with E-state index in [1.54, 1.807) is 12.5 Å². The Bertz CT molecular complexity index is 1010. The number of rotatable bonds is 3. The molecule has 4 nitrogen and oxygen atoms in total. The number of hydrogen-bond donors (Lipinski definition) is 1. The van der Waals surface area contributed by atoms with Crippen molar-refractivity contribution < 1.29 is 0 Å². The van der Waals surface area contributed by atoms with Crippen molar-refractivity contribution in [1.29, 1.82) is 0 Å². The molecule has 0 bridgehead atoms. The number of anilines is 2. The molecule has 0 amide bonds. The summed E-state index contributed by atoms with van der Waals surface area (Å²) in [6, 6.07) is 18.4. The maximum Gasteiger partial charge on any atom is 0.134 e. The minimum Gasteiger partial charge on any atom is -0.340 e. The van der Waals surface area contributed by atoms with Gasteiger partial charge in [-0.05, 0) is 25.1 Å². The van der Waals surface area contributed by atoms with E-state index in [1.807, 2.05) is 42.6 Å². The molecule has 0 fully saturated rings. The largest absolute Gasteiger partial charge is 0.340 e. The standard InChI is InChI=1S/C20H16N4/c1-14-4-2-5-15(10-14)19-11-20(23-13-22-19)24-18-7-3-6-16-12-21-9-8-17(16)18/h2-13H,1H3,(H,22,23,24). The van der Waals surface area contributed by atoms with Crippen LogP contribution in [0.4, 0.5) is 11.5 Å². The number of aryl methyl sites for hydroxylation is 1. The van der Waals surface area contributed by atoms with Crippen molar-refractivity contribution >= 4 is 22.3 Å². The lowest BCUT2D eigenvalue weighted by Crippen LogP contribution is -1.96. The minimum absolute atomic E-state index is 0.769. The monoisotopic (exact) mass is 312 g/mol. The van der Waals surface area contributed by atoms with E-state index in [4.69, 9.17) is 0 Å². The van der Waals surface area contributed by atoms with Gasteiger partial charge in [-0.25, -0.2) is 9.97 Å². The lowest BCUT2D eigenvalue weighted by molar-refractivity contribution is 1.17. The zero-order chi connectivity index (χ0) is 16.4. The van der Waals surface area contributed by atoms with Crippen molar-refractivity contribution in [2.75, 3.05) is 5.32 Å². The lowest BCUT2D eigenvalue weighted by Gasteiger charge is -2.10. The molecule has 0 unspecified atom stereocenters. The fraction of sp³-hybridized carbons (Fsp3) is 0.0500. The fourth-order valence-corrected chi connectivity index (χ4v) is 2.76. The summed E-state index contributed by atoms with van der Waals surface area (Å²) in [5, 5.41) is 5.60. The molecule has 0 saturated carbocycles. The van der Waals surface area contributed by atoms with Crippen LogP contribution in [0.15, 0.2) is 73.3 Å². The molecule has 0 radical (unpaired) electrons. The normalized spacial score (nSPS) is 10.7. The van der Waals surface area contributed by atoms with E-state index in [1.165, 1.54) is 5.56 Å². The van der Waals surface area contributed by atoms with Gasteiger partial charge in [-0.2, -0.15) is 0 Å². The highest BCUT2D eigenvalue weighted by Gasteiger charge is 2.05. The Labute approximate surface area is 140 Å². The van der Waals surface area contributed by atoms with Crippen molar-refractivity contribution in [3.05, 3.63) is 78.9 Å². The van der Waals surface area contributed by atoms with Gasteiger partial charge in [0, 0.05) is 40.5 Å². The number of nitrogens with zero attached hydrogens (tertiary/aromatic N) is 3. The second kappa shape index (κ2) is 6.08. The SMILES string of the molecule is Cc1cccc(-c2cc(Nc3cccc4cnccc34)ncn2)c1. The molecular formula is C20H16N4. The van der Waals surface area contributed by atoms with Crippen LogP contribution in [0.25, 0.3) is 22.0 Å². The van der Waals surface area contributed by atoms with Gasteiger partial charge in [0.05, 0.1) is 5.69 Å². The second-order valence-electron chi connectivity index (χ2n) is 5.69. The summed E-state index contributed by atoms with van der Waals surface area (Å²) in [4.78, 5) is 12.9. The third-order valence-corrected chi connectivity index (χ3v) is 3.92. The van der Waals surface area contributed by atoms with Gasteiger partial charge in [0.2, 0.25) is 0 Å². The third kappa shape index (κ3) is 2.82. The number of pyridine rings is 1. The highest BCUT2D eigenvalue weighted by Crippen LogP contribution is 2.26. The highest BCUT2D eigenvalue weighted by molar-refractivity contribution is 5.94. The molecule has 116 valence electrons. The van der Waals surface area contributed by atoms with Crippen molar-refractivity contribution in [2.45, 2.75) is 6.92 Å². The maximum absolute atomic E-state index is 4.39. The lowest BCUT2D eigenvalue weighted by atomic mass is 10.1. The molecule has 0 saturated heterocycles. The molecule has 0 aliphatic heterocycles. The Morgan fingerprint density at radius 1 is 0.917 bits per heavy atom. The third-order valence-electron chi connectivity index (χ3n) is 3.92. The van der Waals surface area contributed by atoms with Crippen LogP contribution < -0.4 is 5.32 Å². The first-order valence-corrected chi connectivity index (χ1v) is 7.78. The predicted molar refractivity (Wildman–Crippen MR) is 97.2 cm³/mol. The van der Waals surface area contributed by atoms with E-state index in [2.05, 4.69) is 45.4 Å². The van der Waals surface area contributed by atoms with Gasteiger partial charge in [-0.3, -0.25) is 4.98 Å². The molecule has 2 heterocycles. The Kier molecular flexibility index (Phi) is 3.63. The molecule has 1 N–H and O–H groups in total. The van der Waals surface area contributed by atoms with Crippen LogP contribution in [0, 0.1) is 6.92 Å². The first-order valence-electron chi connectivity index (χ1n) is 7.78. The zero-order valence-corrected chi connectivity index (χ0v) is 13.3. The van der Waals surface area contributed by atoms with Gasteiger partial charge in [-0.15, -0.1) is 0 Å². The van der Waals surface area contributed by atoms with E-state index >= 15 is 0 Å². The Morgan fingerprint density at radius 2 is 1.83 bits per heavy atom. The quantitative estimate of drug-likeness (QED) is 0.593. The number of nitrogens with one attached hydrogen (secondary N) is 1. The number of aromatic nitrogens is 3. The van der Waals surface area contributed by atoms with Crippen LogP contribution in [-0.2, 0) is 0 Å². The van der Waals surface area contributed by atoms with Crippen LogP contribution in [0.1, 0.15) is 5.56 Å². The van der Waals surface area contributed by atoms with Gasteiger partial charge in [0.15, 0.2) is 0 Å². The topological polar surface area (TPSA) is 50.7 Å². The number of hydrogen-bond acceptors (Lipinski definition) is 4. The van der Waals surface area contributed by atoms with Crippen molar-refractivity contribution in [2.24, 2.45) is 0 Å². The molecule has 4 rings (SSSR count). The maximum atomic E-state index is 4.39. The van der Waals surface area contributed by atoms with E-state index in [0.29, 0.717) is 0 Å². The molecule has 4 heteroatoms. The van der Waals surface area contributed by atoms with Crippen molar-refractivity contribution in [3.8, 4) is 11.3 Å². The molecule has 4 aromatic rings. The Hall–Kier alpha value is -3.27. The minimum atomic E-state index is 0.769. The predicted octanol–water partition coefficient (Wildman–Crippen LogP) is 4.74. The first-order chi connectivity index (χ1) is 11.8. The number of fused-ring (bicyclic) bond motifs is 1. The van der Waals surface area contributed by atoms with Gasteiger partial charge >= 0.3 is 0 Å². The molecule has 0 aliphatic carbocycles. The highest BCUT2D eigenvalue weighted by atomic mass is 15.0. The van der Waals surface area contributed by atoms with E-state index < -0.39 is 0 Å². The summed E-state index contributed by atoms with van der Waals surface area (Å²) in [7, 11) is 0. The van der Waals surface area contributed by atoms with Crippen LogP contribution in [0.2, 0.25) is 0 Å². The van der Waals surface area contributed by atoms with E-state index in [-0.39, 0.29) is 0 Å². The molecular weight excluding hydrogens is 296 g/mol. The van der Waals surface area contributed by atoms with Gasteiger partial charge in [0.25, 0.3) is 0 Å². The first kappa shape index (κ1) is 14.3. The summed E-state index contributed by atoms with van der Waals surface area (Å²) >= 11 is 0. The van der Waals surface area contributed by atoms with Crippen molar-refractivity contribution in [3.63, 3.8) is 0 Å². The number of benzene rings is 2. The van der Waals surface area contributed by atoms with Crippen LogP contribution in [0.3, 0.4) is 0 Å². The van der Waals surface area contributed by atoms with Crippen molar-refractivity contribution in [1.82, 2.24) is 15.0 Å². The molecule has 0 aliphatic rings. The van der Waals surface area contributed by atoms with Crippen LogP contribution in [-0.4, -0.2) is 15.0 Å². The summed E-state index contributed by atoms with van der Waals surface area (Å²) in [6.07, 6.45) is 5.25. The fourth-order valence-electron chi connectivity index (χ4n) is 2.76. The smallest absolute Gasteiger partial charge is 0.134 e. The Morgan fingerprint density at radius 3 is 2.75 bits per heavy atom. The summed E-state index contributed by atoms with van der Waals surface area (Å²) in [5.41, 5.74) is 4.20. The summed E-state index contributed by atoms with van der Waals surface area (Å²) < 4.78 is 0. The Balaban J connectivity index is 1.71. The molecule has 2 aromatic carbocycles. The summed E-state index contributed by atoms with van der Waals surface area (Å²) in [5.74, 6) is 0.769. The average Bonchev–Trinajstić information content (AvgIpc) is 2.62. The van der Waals surface area contributed by atoms with Gasteiger partial charge < -0.3 is 5.32 Å². The van der Waals surface area contributed by atoms with Crippen LogP contribution >= 0.6 is 0 Å². The van der Waals surface area contributed by atoms with Crippen LogP contribution in [0.5, 0.6) is 0 Å².